The summed E-state index contributed by atoms with van der Waals surface area (Å²) < 4.78 is 17.3. The van der Waals surface area contributed by atoms with Crippen molar-refractivity contribution in [3.63, 3.8) is 0 Å². The van der Waals surface area contributed by atoms with E-state index in [0.29, 0.717) is 15.0 Å². The molecule has 0 saturated carbocycles. The minimum atomic E-state index is -0.483. The molecule has 0 unspecified atom stereocenters. The molecule has 0 bridgehead atoms. The number of urea groups is 1. The lowest BCUT2D eigenvalue weighted by molar-refractivity contribution is 0.251. The van der Waals surface area contributed by atoms with Crippen molar-refractivity contribution in [2.45, 2.75) is 16.0 Å². The number of carbonyl (C=O) groups excluding carboxylic acids is 1. The van der Waals surface area contributed by atoms with E-state index in [4.69, 9.17) is 0 Å². The van der Waals surface area contributed by atoms with Gasteiger partial charge in [-0.05, 0) is 29.5 Å². The molecule has 0 atom stereocenters. The van der Waals surface area contributed by atoms with Crippen molar-refractivity contribution < 1.29 is 9.18 Å². The van der Waals surface area contributed by atoms with Crippen molar-refractivity contribution >= 4 is 45.4 Å². The van der Waals surface area contributed by atoms with Crippen LogP contribution in [0.25, 0.3) is 11.2 Å². The van der Waals surface area contributed by atoms with E-state index in [9.17, 15) is 18.8 Å². The number of hydrogen-bond donors (Lipinski definition) is 2. The van der Waals surface area contributed by atoms with Gasteiger partial charge in [0.25, 0.3) is 5.56 Å². The molecule has 0 aliphatic rings. The summed E-state index contributed by atoms with van der Waals surface area (Å²) in [5.74, 6) is -0.347. The van der Waals surface area contributed by atoms with E-state index in [2.05, 4.69) is 25.8 Å². The van der Waals surface area contributed by atoms with E-state index in [1.54, 1.807) is 30.8 Å². The molecule has 0 saturated heterocycles. The first-order valence-electron chi connectivity index (χ1n) is 9.17. The summed E-state index contributed by atoms with van der Waals surface area (Å²) in [5, 5.41) is 13.9. The van der Waals surface area contributed by atoms with E-state index >= 15 is 0 Å². The Morgan fingerprint density at radius 3 is 2.53 bits per heavy atom. The third-order valence-electron chi connectivity index (χ3n) is 4.61. The molecule has 3 heterocycles. The second-order valence-corrected chi connectivity index (χ2v) is 8.93. The quantitative estimate of drug-likeness (QED) is 0.417. The Hall–Kier alpha value is -3.52. The van der Waals surface area contributed by atoms with E-state index in [1.165, 1.54) is 23.7 Å². The first-order chi connectivity index (χ1) is 15.2. The van der Waals surface area contributed by atoms with Crippen LogP contribution in [0.2, 0.25) is 0 Å². The molecule has 166 valence electrons. The van der Waals surface area contributed by atoms with Gasteiger partial charge in [-0.15, -0.1) is 10.2 Å². The van der Waals surface area contributed by atoms with Gasteiger partial charge in [0.05, 0.1) is 0 Å². The van der Waals surface area contributed by atoms with Crippen molar-refractivity contribution in [1.29, 1.82) is 0 Å². The number of fused-ring (bicyclic) bond motifs is 1. The van der Waals surface area contributed by atoms with Crippen LogP contribution in [-0.4, -0.2) is 34.9 Å². The lowest BCUT2D eigenvalue weighted by Gasteiger charge is -2.05. The normalized spacial score (nSPS) is 11.1. The number of anilines is 1. The highest BCUT2D eigenvalue weighted by atomic mass is 32.2. The van der Waals surface area contributed by atoms with Crippen LogP contribution in [0, 0.1) is 5.82 Å². The van der Waals surface area contributed by atoms with E-state index in [-0.39, 0.29) is 23.1 Å². The number of amides is 2. The zero-order chi connectivity index (χ0) is 23.0. The molecular weight excluding hydrogens is 459 g/mol. The zero-order valence-electron chi connectivity index (χ0n) is 17.1. The Balaban J connectivity index is 1.46. The van der Waals surface area contributed by atoms with Gasteiger partial charge in [-0.25, -0.2) is 19.0 Å². The lowest BCUT2D eigenvalue weighted by Crippen LogP contribution is -2.37. The Kier molecular flexibility index (Phi) is 5.80. The standard InChI is InChI=1S/C18H17FN8O3S2/c1-25-11-12(26(2)18(30)27(3)13(11)28)21-16(25)32-17-24-23-15(31-17)22-14(29)20-8-9-4-6-10(19)7-5-9/h4-7H,8H2,1-3H3,(H2,20,22,23,29). The minimum Gasteiger partial charge on any atom is -0.334 e. The summed E-state index contributed by atoms with van der Waals surface area (Å²) in [7, 11) is 4.63. The maximum Gasteiger partial charge on any atom is 0.332 e. The van der Waals surface area contributed by atoms with Crippen LogP contribution >= 0.6 is 23.1 Å². The molecule has 2 N–H and O–H groups in total. The molecule has 0 fully saturated rings. The number of nitrogens with one attached hydrogen (secondary N) is 2. The zero-order valence-corrected chi connectivity index (χ0v) is 18.8. The van der Waals surface area contributed by atoms with Crippen LogP contribution in [0.3, 0.4) is 0 Å². The van der Waals surface area contributed by atoms with Crippen molar-refractivity contribution in [3.8, 4) is 0 Å². The largest absolute Gasteiger partial charge is 0.334 e. The smallest absolute Gasteiger partial charge is 0.332 e. The van der Waals surface area contributed by atoms with Gasteiger partial charge in [0, 0.05) is 27.7 Å². The summed E-state index contributed by atoms with van der Waals surface area (Å²) in [4.78, 5) is 41.1. The average molecular weight is 477 g/mol. The number of rotatable bonds is 5. The predicted molar refractivity (Wildman–Crippen MR) is 117 cm³/mol. The van der Waals surface area contributed by atoms with Crippen LogP contribution in [-0.2, 0) is 27.7 Å². The Labute approximate surface area is 187 Å². The molecular formula is C18H17FN8O3S2. The number of benzene rings is 1. The second kappa shape index (κ2) is 8.55. The number of imidazole rings is 1. The maximum absolute atomic E-state index is 12.9. The number of halogens is 1. The van der Waals surface area contributed by atoms with Crippen LogP contribution in [0.1, 0.15) is 5.56 Å². The van der Waals surface area contributed by atoms with E-state index < -0.39 is 17.3 Å². The average Bonchev–Trinajstić information content (AvgIpc) is 3.34. The van der Waals surface area contributed by atoms with Crippen LogP contribution < -0.4 is 21.9 Å². The number of hydrogen-bond acceptors (Lipinski definition) is 8. The number of carbonyl (C=O) groups is 1. The monoisotopic (exact) mass is 476 g/mol. The SMILES string of the molecule is Cn1c(=O)c2c(nc(Sc3nnc(NC(=O)NCc4ccc(F)cc4)s3)n2C)n(C)c1=O. The first kappa shape index (κ1) is 21.7. The summed E-state index contributed by atoms with van der Waals surface area (Å²) >= 11 is 2.28. The lowest BCUT2D eigenvalue weighted by atomic mass is 10.2. The van der Waals surface area contributed by atoms with Crippen LogP contribution in [0.4, 0.5) is 14.3 Å². The Bertz CT molecular complexity index is 1440. The molecule has 0 radical (unpaired) electrons. The Morgan fingerprint density at radius 1 is 1.09 bits per heavy atom. The first-order valence-corrected chi connectivity index (χ1v) is 10.8. The van der Waals surface area contributed by atoms with Crippen LogP contribution in [0.5, 0.6) is 0 Å². The molecule has 2 amide bonds. The molecule has 4 rings (SSSR count). The third-order valence-corrected chi connectivity index (χ3v) is 6.54. The molecule has 0 spiro atoms. The molecule has 1 aromatic carbocycles. The van der Waals surface area contributed by atoms with Gasteiger partial charge in [0.1, 0.15) is 5.82 Å². The molecule has 0 aliphatic heterocycles. The second-order valence-electron chi connectivity index (χ2n) is 6.74. The van der Waals surface area contributed by atoms with Gasteiger partial charge < -0.3 is 9.88 Å². The van der Waals surface area contributed by atoms with Gasteiger partial charge in [-0.3, -0.25) is 19.2 Å². The predicted octanol–water partition coefficient (Wildman–Crippen LogP) is 1.43. The number of aryl methyl sites for hydroxylation is 2. The van der Waals surface area contributed by atoms with E-state index in [1.807, 2.05) is 0 Å². The number of nitrogens with zero attached hydrogens (tertiary/aromatic N) is 6. The fourth-order valence-electron chi connectivity index (χ4n) is 2.90. The summed E-state index contributed by atoms with van der Waals surface area (Å²) in [5.41, 5.74) is 0.400. The fourth-order valence-corrected chi connectivity index (χ4v) is 4.59. The summed E-state index contributed by atoms with van der Waals surface area (Å²) in [6.07, 6.45) is 0. The molecule has 4 aromatic rings. The highest BCUT2D eigenvalue weighted by Gasteiger charge is 2.19. The van der Waals surface area contributed by atoms with Gasteiger partial charge in [-0.2, -0.15) is 0 Å². The molecule has 0 aliphatic carbocycles. The molecule has 32 heavy (non-hydrogen) atoms. The highest BCUT2D eigenvalue weighted by Crippen LogP contribution is 2.32. The van der Waals surface area contributed by atoms with Crippen molar-refractivity contribution in [3.05, 3.63) is 56.5 Å². The Morgan fingerprint density at radius 2 is 1.81 bits per heavy atom. The van der Waals surface area contributed by atoms with Gasteiger partial charge >= 0.3 is 11.7 Å². The van der Waals surface area contributed by atoms with Gasteiger partial charge in [0.2, 0.25) is 5.13 Å². The van der Waals surface area contributed by atoms with Gasteiger partial charge in [0.15, 0.2) is 20.7 Å². The topological polar surface area (TPSA) is 129 Å². The van der Waals surface area contributed by atoms with Crippen molar-refractivity contribution in [2.24, 2.45) is 21.1 Å². The highest BCUT2D eigenvalue weighted by molar-refractivity contribution is 8.01. The minimum absolute atomic E-state index is 0.222. The maximum atomic E-state index is 12.9. The van der Waals surface area contributed by atoms with E-state index in [0.717, 1.165) is 33.2 Å². The summed E-state index contributed by atoms with van der Waals surface area (Å²) in [6, 6.07) is 5.31. The van der Waals surface area contributed by atoms with Crippen LogP contribution in [0.15, 0.2) is 43.4 Å². The molecule has 14 heteroatoms. The number of aromatic nitrogens is 6. The molecule has 11 nitrogen and oxygen atoms in total. The third kappa shape index (κ3) is 4.13. The molecule has 3 aromatic heterocycles. The van der Waals surface area contributed by atoms with Gasteiger partial charge in [-0.1, -0.05) is 23.5 Å². The summed E-state index contributed by atoms with van der Waals surface area (Å²) in [6.45, 7) is 0.222. The fraction of sp³-hybridized carbons (Fsp3) is 0.222. The van der Waals surface area contributed by atoms with Crippen molar-refractivity contribution in [1.82, 2.24) is 34.2 Å². The van der Waals surface area contributed by atoms with Crippen molar-refractivity contribution in [2.75, 3.05) is 5.32 Å².